The predicted molar refractivity (Wildman–Crippen MR) is 179 cm³/mol. The molecule has 0 radical (unpaired) electrons. The Morgan fingerprint density at radius 1 is 0.432 bits per heavy atom. The summed E-state index contributed by atoms with van der Waals surface area (Å²) in [4.78, 5) is 15.6. The second-order valence-corrected chi connectivity index (χ2v) is 10.9. The number of aromatic nitrogens is 5. The fourth-order valence-electron chi connectivity index (χ4n) is 6.44. The summed E-state index contributed by atoms with van der Waals surface area (Å²) in [5, 5.41) is 1.02. The monoisotopic (exact) mass is 563 g/mol. The standard InChI is InChI=1S/C39H25N5/c1-4-14-26(15-5-1)35-37(28-18-8-3-9-19-28)44(33-24-25-34-40-31-22-12-13-23-32(31)43(34)38(33)35)39-41-30-21-11-10-20-29(30)36(42-39)27-16-6-2-7-17-27/h1-25H. The molecule has 9 aromatic rings. The largest absolute Gasteiger partial charge is 0.290 e. The molecule has 4 aromatic heterocycles. The van der Waals surface area contributed by atoms with Crippen LogP contribution in [0.2, 0.25) is 0 Å². The summed E-state index contributed by atoms with van der Waals surface area (Å²) in [5.41, 5.74) is 12.2. The van der Waals surface area contributed by atoms with Crippen LogP contribution in [0.5, 0.6) is 0 Å². The zero-order valence-electron chi connectivity index (χ0n) is 23.7. The molecule has 5 aromatic carbocycles. The maximum atomic E-state index is 5.34. The zero-order chi connectivity index (χ0) is 29.0. The molecule has 0 fully saturated rings. The minimum atomic E-state index is 0.623. The van der Waals surface area contributed by atoms with Crippen molar-refractivity contribution < 1.29 is 0 Å². The highest BCUT2D eigenvalue weighted by Gasteiger charge is 2.26. The molecule has 0 atom stereocenters. The SMILES string of the molecule is c1ccc(-c2nc(-n3c(-c4ccccc4)c(-c4ccccc4)c4c3ccc3nc5ccccc5n34)nc3ccccc23)cc1. The van der Waals surface area contributed by atoms with Gasteiger partial charge in [-0.1, -0.05) is 121 Å². The number of fused-ring (bicyclic) bond motifs is 6. The fraction of sp³-hybridized carbons (Fsp3) is 0. The van der Waals surface area contributed by atoms with Gasteiger partial charge < -0.3 is 0 Å². The molecule has 0 bridgehead atoms. The Balaban J connectivity index is 1.51. The minimum absolute atomic E-state index is 0.623. The summed E-state index contributed by atoms with van der Waals surface area (Å²) in [7, 11) is 0. The summed E-state index contributed by atoms with van der Waals surface area (Å²) in [6.45, 7) is 0. The van der Waals surface area contributed by atoms with Crippen LogP contribution in [0.3, 0.4) is 0 Å². The van der Waals surface area contributed by atoms with Gasteiger partial charge in [-0.15, -0.1) is 0 Å². The molecule has 0 aliphatic carbocycles. The number of imidazole rings is 1. The van der Waals surface area contributed by atoms with E-state index in [2.05, 4.69) is 136 Å². The van der Waals surface area contributed by atoms with Crippen molar-refractivity contribution in [1.29, 1.82) is 0 Å². The lowest BCUT2D eigenvalue weighted by molar-refractivity contribution is 0.989. The average Bonchev–Trinajstić information content (AvgIpc) is 3.65. The van der Waals surface area contributed by atoms with Gasteiger partial charge in [0.25, 0.3) is 0 Å². The molecule has 0 aliphatic heterocycles. The lowest BCUT2D eigenvalue weighted by Crippen LogP contribution is -2.05. The van der Waals surface area contributed by atoms with Gasteiger partial charge in [-0.2, -0.15) is 0 Å². The average molecular weight is 564 g/mol. The molecule has 44 heavy (non-hydrogen) atoms. The lowest BCUT2D eigenvalue weighted by Gasteiger charge is -2.14. The van der Waals surface area contributed by atoms with Gasteiger partial charge in [-0.25, -0.2) is 15.0 Å². The van der Waals surface area contributed by atoms with Crippen LogP contribution in [0.1, 0.15) is 0 Å². The topological polar surface area (TPSA) is 48.0 Å². The van der Waals surface area contributed by atoms with Gasteiger partial charge in [0.15, 0.2) is 0 Å². The molecule has 0 unspecified atom stereocenters. The van der Waals surface area contributed by atoms with E-state index < -0.39 is 0 Å². The van der Waals surface area contributed by atoms with Crippen molar-refractivity contribution in [3.63, 3.8) is 0 Å². The number of benzene rings is 5. The second kappa shape index (κ2) is 9.75. The number of nitrogens with zero attached hydrogens (tertiary/aromatic N) is 5. The van der Waals surface area contributed by atoms with Crippen LogP contribution in [-0.2, 0) is 0 Å². The van der Waals surface area contributed by atoms with Gasteiger partial charge in [-0.05, 0) is 41.5 Å². The number of rotatable bonds is 4. The van der Waals surface area contributed by atoms with E-state index in [0.29, 0.717) is 5.95 Å². The Bertz CT molecular complexity index is 2480. The van der Waals surface area contributed by atoms with Gasteiger partial charge in [0.1, 0.15) is 5.65 Å². The van der Waals surface area contributed by atoms with Crippen molar-refractivity contribution >= 4 is 38.6 Å². The van der Waals surface area contributed by atoms with Crippen molar-refractivity contribution in [2.45, 2.75) is 0 Å². The van der Waals surface area contributed by atoms with Crippen molar-refractivity contribution in [3.8, 4) is 39.6 Å². The third-order valence-corrected chi connectivity index (χ3v) is 8.33. The summed E-state index contributed by atoms with van der Waals surface area (Å²) in [6.07, 6.45) is 0. The van der Waals surface area contributed by atoms with Gasteiger partial charge >= 0.3 is 0 Å². The summed E-state index contributed by atoms with van der Waals surface area (Å²) in [6, 6.07) is 52.4. The number of pyridine rings is 1. The number of para-hydroxylation sites is 3. The van der Waals surface area contributed by atoms with E-state index in [9.17, 15) is 0 Å². The molecule has 9 rings (SSSR count). The van der Waals surface area contributed by atoms with Crippen LogP contribution >= 0.6 is 0 Å². The molecule has 5 heteroatoms. The Labute approximate surface area is 253 Å². The third kappa shape index (κ3) is 3.69. The highest BCUT2D eigenvalue weighted by Crippen LogP contribution is 2.43. The van der Waals surface area contributed by atoms with Crippen LogP contribution in [-0.4, -0.2) is 23.9 Å². The molecule has 0 saturated carbocycles. The molecule has 0 spiro atoms. The van der Waals surface area contributed by atoms with Crippen molar-refractivity contribution in [3.05, 3.63) is 152 Å². The molecule has 0 amide bonds. The smallest absolute Gasteiger partial charge is 0.235 e. The fourth-order valence-corrected chi connectivity index (χ4v) is 6.44. The zero-order valence-corrected chi connectivity index (χ0v) is 23.7. The van der Waals surface area contributed by atoms with Crippen molar-refractivity contribution in [1.82, 2.24) is 23.9 Å². The van der Waals surface area contributed by atoms with E-state index in [0.717, 1.165) is 72.3 Å². The first kappa shape index (κ1) is 24.5. The predicted octanol–water partition coefficient (Wildman–Crippen LogP) is 9.38. The maximum Gasteiger partial charge on any atom is 0.235 e. The van der Waals surface area contributed by atoms with Gasteiger partial charge in [0, 0.05) is 16.5 Å². The molecule has 0 aliphatic rings. The lowest BCUT2D eigenvalue weighted by atomic mass is 10.00. The highest BCUT2D eigenvalue weighted by molar-refractivity contribution is 6.06. The van der Waals surface area contributed by atoms with Crippen LogP contribution in [0.4, 0.5) is 0 Å². The molecule has 206 valence electrons. The Kier molecular flexibility index (Phi) is 5.43. The van der Waals surface area contributed by atoms with Gasteiger partial charge in [0.2, 0.25) is 5.95 Å². The Morgan fingerprint density at radius 2 is 1.05 bits per heavy atom. The van der Waals surface area contributed by atoms with Crippen LogP contribution in [0.15, 0.2) is 152 Å². The quantitative estimate of drug-likeness (QED) is 0.214. The molecular formula is C39H25N5. The number of hydrogen-bond acceptors (Lipinski definition) is 3. The van der Waals surface area contributed by atoms with E-state index in [1.807, 2.05) is 24.3 Å². The van der Waals surface area contributed by atoms with E-state index in [-0.39, 0.29) is 0 Å². The first-order valence-corrected chi connectivity index (χ1v) is 14.7. The molecule has 0 saturated heterocycles. The first-order chi connectivity index (χ1) is 21.8. The van der Waals surface area contributed by atoms with Crippen LogP contribution < -0.4 is 0 Å². The van der Waals surface area contributed by atoms with Crippen molar-refractivity contribution in [2.24, 2.45) is 0 Å². The Hall–Kier alpha value is -6.07. The molecule has 4 heterocycles. The van der Waals surface area contributed by atoms with E-state index in [1.165, 1.54) is 0 Å². The molecule has 0 N–H and O–H groups in total. The number of hydrogen-bond donors (Lipinski definition) is 0. The maximum absolute atomic E-state index is 5.34. The van der Waals surface area contributed by atoms with Crippen LogP contribution in [0.25, 0.3) is 78.2 Å². The summed E-state index contributed by atoms with van der Waals surface area (Å²) < 4.78 is 4.52. The molecule has 5 nitrogen and oxygen atoms in total. The van der Waals surface area contributed by atoms with E-state index in [4.69, 9.17) is 15.0 Å². The first-order valence-electron chi connectivity index (χ1n) is 14.7. The van der Waals surface area contributed by atoms with E-state index >= 15 is 0 Å². The van der Waals surface area contributed by atoms with E-state index in [1.54, 1.807) is 0 Å². The van der Waals surface area contributed by atoms with Crippen LogP contribution in [0, 0.1) is 0 Å². The summed E-state index contributed by atoms with van der Waals surface area (Å²) in [5.74, 6) is 0.623. The summed E-state index contributed by atoms with van der Waals surface area (Å²) >= 11 is 0. The third-order valence-electron chi connectivity index (χ3n) is 8.33. The second-order valence-electron chi connectivity index (χ2n) is 10.9. The minimum Gasteiger partial charge on any atom is -0.290 e. The van der Waals surface area contributed by atoms with Gasteiger partial charge in [0.05, 0.1) is 39.0 Å². The molecular weight excluding hydrogens is 538 g/mol. The van der Waals surface area contributed by atoms with Gasteiger partial charge in [-0.3, -0.25) is 8.97 Å². The highest BCUT2D eigenvalue weighted by atomic mass is 15.2. The Morgan fingerprint density at radius 3 is 1.80 bits per heavy atom. The van der Waals surface area contributed by atoms with Crippen molar-refractivity contribution in [2.75, 3.05) is 0 Å². The normalized spacial score (nSPS) is 11.6.